The van der Waals surface area contributed by atoms with E-state index < -0.39 is 94.4 Å². The van der Waals surface area contributed by atoms with Gasteiger partial charge in [-0.2, -0.15) is 0 Å². The Morgan fingerprint density at radius 2 is 0.972 bits per heavy atom. The number of hydrogen-bond donors (Lipinski definition) is 5. The number of hydrogen-bond acceptors (Lipinski definition) is 12. The van der Waals surface area contributed by atoms with Crippen molar-refractivity contribution in [1.29, 1.82) is 0 Å². The average Bonchev–Trinajstić information content (AvgIpc) is 3.89. The van der Waals surface area contributed by atoms with Crippen LogP contribution in [0.5, 0.6) is 23.0 Å². The number of benzene rings is 4. The smallest absolute Gasteiger partial charge is 0.481 e. The third-order valence-corrected chi connectivity index (χ3v) is 13.9. The number of carbonyl (C=O) groups is 2. The van der Waals surface area contributed by atoms with Gasteiger partial charge in [-0.05, 0) is 46.5 Å². The molecule has 6 aromatic rings. The molecule has 1 amide bonds. The van der Waals surface area contributed by atoms with Crippen molar-refractivity contribution in [2.75, 3.05) is 14.1 Å². The zero-order valence-corrected chi connectivity index (χ0v) is 38.7. The van der Waals surface area contributed by atoms with Gasteiger partial charge in [-0.15, -0.1) is 26.3 Å². The van der Waals surface area contributed by atoms with Crippen molar-refractivity contribution < 1.29 is 80.4 Å². The third-order valence-electron chi connectivity index (χ3n) is 13.5. The number of amides is 1. The normalized spacial score (nSPS) is 28.8. The van der Waals surface area contributed by atoms with Gasteiger partial charge in [-0.1, -0.05) is 108 Å². The van der Waals surface area contributed by atoms with Crippen LogP contribution in [0.1, 0.15) is 45.5 Å². The SMILES string of the molecule is CN(C)C(=O)[C@H]1[C@@H](O)[C@@]2(O)c3ncc(Cl)cc3O[C@@]2(c2ccc(OC(F)(F)F)cc2)[C@@H]1c1ccccc1.O=C(O)[C@H]1[C@@H](O)[C@@]2(O)c3ncc(Cl)cc3O[C@@]2(c2ccc(OC(F)(F)F)cc2)[C@@H]1c1ccccc1. The number of nitrogens with zero attached hydrogens (tertiary/aromatic N) is 3. The lowest BCUT2D eigenvalue weighted by atomic mass is 9.71. The van der Waals surface area contributed by atoms with E-state index in [0.29, 0.717) is 11.1 Å². The van der Waals surface area contributed by atoms with Crippen LogP contribution in [0.2, 0.25) is 10.0 Å². The standard InChI is InChI=1S/C26H22ClF3N2O5.C24H17ClF3NO6/c1-32(2)23(34)19-20(14-6-4-3-5-7-14)25(15-8-10-17(11-9-15)36-26(28,29)30)24(35,22(19)33)21-18(37-25)12-16(27)13-31-21;25-14-10-16-19(29-11-14)22(33)20(30)17(21(31)32)18(12-4-2-1-3-5-12)23(22,35-16)13-6-8-15(9-7-13)34-24(26,27)28/h3-13,19-20,22,33,35H,1-2H3;1-11,17-18,20,30,33H,(H,31,32)/t19-,20-,22-,24+,25+;17-,18-,20-,22+,23+/m11/s1. The molecule has 10 atom stereocenters. The quantitative estimate of drug-likeness (QED) is 0.0922. The lowest BCUT2D eigenvalue weighted by Gasteiger charge is -2.40. The Morgan fingerprint density at radius 3 is 1.32 bits per heavy atom. The number of carboxylic acids is 1. The first-order valence-corrected chi connectivity index (χ1v) is 22.4. The first-order chi connectivity index (χ1) is 33.9. The predicted octanol–water partition coefficient (Wildman–Crippen LogP) is 7.94. The number of rotatable bonds is 8. The molecule has 5 N–H and O–H groups in total. The van der Waals surface area contributed by atoms with E-state index in [0.717, 1.165) is 24.3 Å². The van der Waals surface area contributed by atoms with Crippen LogP contribution >= 0.6 is 23.2 Å². The molecular weight excluding hydrogens is 1000 g/mol. The van der Waals surface area contributed by atoms with Crippen molar-refractivity contribution in [3.63, 3.8) is 0 Å². The molecule has 0 unspecified atom stereocenters. The molecule has 0 spiro atoms. The Hall–Kier alpha value is -6.68. The summed E-state index contributed by atoms with van der Waals surface area (Å²) in [5.41, 5.74) is -7.35. The number of aliphatic carboxylic acids is 1. The van der Waals surface area contributed by atoms with Crippen LogP contribution in [-0.2, 0) is 32.0 Å². The minimum Gasteiger partial charge on any atom is -0.481 e. The monoisotopic (exact) mass is 1040 g/mol. The number of fused-ring (bicyclic) bond motifs is 6. The molecule has 2 saturated carbocycles. The van der Waals surface area contributed by atoms with Gasteiger partial charge in [0.15, 0.2) is 22.4 Å². The zero-order valence-electron chi connectivity index (χ0n) is 37.2. The second-order valence-corrected chi connectivity index (χ2v) is 18.5. The largest absolute Gasteiger partial charge is 0.573 e. The maximum atomic E-state index is 13.5. The summed E-state index contributed by atoms with van der Waals surface area (Å²) in [6.07, 6.45) is -10.9. The maximum Gasteiger partial charge on any atom is 0.573 e. The summed E-state index contributed by atoms with van der Waals surface area (Å²) in [4.78, 5) is 35.6. The predicted molar refractivity (Wildman–Crippen MR) is 241 cm³/mol. The molecule has 2 aliphatic carbocycles. The Labute approximate surface area is 414 Å². The van der Waals surface area contributed by atoms with Gasteiger partial charge in [-0.3, -0.25) is 19.6 Å². The summed E-state index contributed by atoms with van der Waals surface area (Å²) in [7, 11) is 3.05. The van der Waals surface area contributed by atoms with Crippen LogP contribution in [0.4, 0.5) is 26.3 Å². The van der Waals surface area contributed by atoms with Crippen molar-refractivity contribution in [3.8, 4) is 23.0 Å². The summed E-state index contributed by atoms with van der Waals surface area (Å²) in [6.45, 7) is 0. The summed E-state index contributed by atoms with van der Waals surface area (Å²) in [6, 6.07) is 29.1. The molecular formula is C50H39Cl2F6N3O11. The van der Waals surface area contributed by atoms with Crippen LogP contribution in [-0.4, -0.2) is 91.3 Å². The van der Waals surface area contributed by atoms with E-state index in [1.165, 1.54) is 67.8 Å². The number of aromatic nitrogens is 2. The molecule has 10 rings (SSSR count). The summed E-state index contributed by atoms with van der Waals surface area (Å²) in [5.74, 6) is -7.69. The van der Waals surface area contributed by atoms with E-state index in [9.17, 15) is 61.5 Å². The van der Waals surface area contributed by atoms with Crippen LogP contribution in [0.15, 0.2) is 134 Å². The molecule has 0 saturated heterocycles. The molecule has 4 aromatic carbocycles. The summed E-state index contributed by atoms with van der Waals surface area (Å²) in [5, 5.41) is 57.9. The second-order valence-electron chi connectivity index (χ2n) is 17.6. The molecule has 22 heteroatoms. The van der Waals surface area contributed by atoms with Crippen LogP contribution < -0.4 is 18.9 Å². The summed E-state index contributed by atoms with van der Waals surface area (Å²) < 4.78 is 97.2. The number of alkyl halides is 6. The Kier molecular flexibility index (Phi) is 12.4. The molecule has 14 nitrogen and oxygen atoms in total. The lowest BCUT2D eigenvalue weighted by Crippen LogP contribution is -2.52. The van der Waals surface area contributed by atoms with Gasteiger partial charge in [0, 0.05) is 50.5 Å². The summed E-state index contributed by atoms with van der Waals surface area (Å²) >= 11 is 12.2. The number of pyridine rings is 2. The highest BCUT2D eigenvalue weighted by Crippen LogP contribution is 2.70. The van der Waals surface area contributed by atoms with E-state index in [1.807, 2.05) is 0 Å². The Morgan fingerprint density at radius 1 is 0.611 bits per heavy atom. The van der Waals surface area contributed by atoms with Gasteiger partial charge < -0.3 is 49.4 Å². The van der Waals surface area contributed by atoms with Gasteiger partial charge >= 0.3 is 18.7 Å². The number of aliphatic hydroxyl groups excluding tert-OH is 2. The lowest BCUT2D eigenvalue weighted by molar-refractivity contribution is -0.275. The van der Waals surface area contributed by atoms with Gasteiger partial charge in [0.2, 0.25) is 5.91 Å². The molecule has 2 fully saturated rings. The molecule has 0 radical (unpaired) electrons. The average molecular weight is 1040 g/mol. The van der Waals surface area contributed by atoms with E-state index in [4.69, 9.17) is 32.7 Å². The van der Waals surface area contributed by atoms with Crippen molar-refractivity contribution in [3.05, 3.63) is 177 Å². The fraction of sp³-hybridized carbons (Fsp3) is 0.280. The van der Waals surface area contributed by atoms with E-state index in [1.54, 1.807) is 60.7 Å². The van der Waals surface area contributed by atoms with Gasteiger partial charge in [-0.25, -0.2) is 0 Å². The first-order valence-electron chi connectivity index (χ1n) is 21.7. The van der Waals surface area contributed by atoms with Crippen molar-refractivity contribution in [1.82, 2.24) is 14.9 Å². The van der Waals surface area contributed by atoms with Crippen molar-refractivity contribution in [2.45, 2.75) is 59.2 Å². The van der Waals surface area contributed by atoms with Gasteiger partial charge in [0.05, 0.1) is 21.9 Å². The van der Waals surface area contributed by atoms with Crippen molar-refractivity contribution >= 4 is 35.1 Å². The van der Waals surface area contributed by atoms with Crippen LogP contribution in [0.25, 0.3) is 0 Å². The molecule has 4 heterocycles. The first kappa shape index (κ1) is 50.3. The Bertz CT molecular complexity index is 3030. The number of halogens is 8. The third kappa shape index (κ3) is 7.82. The highest BCUT2D eigenvalue weighted by atomic mass is 35.5. The number of aliphatic hydroxyl groups is 4. The molecule has 0 bridgehead atoms. The number of ether oxygens (including phenoxy) is 4. The molecule has 2 aromatic heterocycles. The fourth-order valence-electron chi connectivity index (χ4n) is 10.9. The van der Waals surface area contributed by atoms with Gasteiger partial charge in [0.1, 0.15) is 46.6 Å². The number of carboxylic acid groups (broad SMARTS) is 1. The van der Waals surface area contributed by atoms with Crippen LogP contribution in [0.3, 0.4) is 0 Å². The van der Waals surface area contributed by atoms with Crippen molar-refractivity contribution in [2.24, 2.45) is 11.8 Å². The highest BCUT2D eigenvalue weighted by Gasteiger charge is 2.79. The minimum atomic E-state index is -4.92. The van der Waals surface area contributed by atoms with E-state index >= 15 is 0 Å². The molecule has 2 aliphatic heterocycles. The zero-order chi connectivity index (χ0) is 51.9. The Balaban J connectivity index is 0.000000178. The minimum absolute atomic E-state index is 0.0134. The molecule has 72 heavy (non-hydrogen) atoms. The maximum absolute atomic E-state index is 13.5. The van der Waals surface area contributed by atoms with Crippen LogP contribution in [0, 0.1) is 11.8 Å². The fourth-order valence-corrected chi connectivity index (χ4v) is 11.2. The van der Waals surface area contributed by atoms with Gasteiger partial charge in [0.25, 0.3) is 0 Å². The van der Waals surface area contributed by atoms with E-state index in [-0.39, 0.29) is 44.1 Å². The topological polar surface area (TPSA) is 201 Å². The molecule has 376 valence electrons. The molecule has 4 aliphatic rings. The second kappa shape index (κ2) is 17.8. The number of carbonyl (C=O) groups excluding carboxylic acids is 1. The van der Waals surface area contributed by atoms with E-state index in [2.05, 4.69) is 19.4 Å². The highest BCUT2D eigenvalue weighted by molar-refractivity contribution is 6.30.